The van der Waals surface area contributed by atoms with Gasteiger partial charge >= 0.3 is 0 Å². The molecule has 2 heterocycles. The second-order valence-electron chi connectivity index (χ2n) is 7.20. The zero-order valence-corrected chi connectivity index (χ0v) is 15.9. The monoisotopic (exact) mass is 364 g/mol. The van der Waals surface area contributed by atoms with Crippen LogP contribution in [0, 0.1) is 6.92 Å². The molecule has 2 aromatic carbocycles. The van der Waals surface area contributed by atoms with Crippen molar-refractivity contribution in [2.24, 2.45) is 0 Å². The number of nitrogens with zero attached hydrogens (tertiary/aromatic N) is 4. The van der Waals surface area contributed by atoms with Crippen molar-refractivity contribution in [1.29, 1.82) is 0 Å². The van der Waals surface area contributed by atoms with Crippen LogP contribution in [0.1, 0.15) is 34.1 Å². The van der Waals surface area contributed by atoms with Gasteiger partial charge in [0.05, 0.1) is 19.7 Å². The van der Waals surface area contributed by atoms with Crippen LogP contribution in [0.15, 0.2) is 48.5 Å². The summed E-state index contributed by atoms with van der Waals surface area (Å²) in [6, 6.07) is 17.6. The third kappa shape index (κ3) is 3.77. The zero-order valence-electron chi connectivity index (χ0n) is 15.9. The van der Waals surface area contributed by atoms with Crippen molar-refractivity contribution in [3.05, 3.63) is 76.6 Å². The number of aryl methyl sites for hydroxylation is 1. The van der Waals surface area contributed by atoms with Gasteiger partial charge in [-0.2, -0.15) is 0 Å². The second-order valence-corrected chi connectivity index (χ2v) is 7.20. The average molecular weight is 364 g/mol. The summed E-state index contributed by atoms with van der Waals surface area (Å²) in [5, 5.41) is 12.6. The summed E-state index contributed by atoms with van der Waals surface area (Å²) in [5.74, 6) is 0.908. The van der Waals surface area contributed by atoms with Gasteiger partial charge in [-0.25, -0.2) is 4.68 Å². The van der Waals surface area contributed by atoms with E-state index in [2.05, 4.69) is 71.0 Å². The van der Waals surface area contributed by atoms with Crippen LogP contribution in [0.5, 0.6) is 0 Å². The molecule has 0 saturated carbocycles. The Balaban J connectivity index is 1.71. The van der Waals surface area contributed by atoms with Crippen molar-refractivity contribution < 1.29 is 9.64 Å². The SMILES string of the molecule is COCCn1nnnc1[C@H](c1ccc(C)cc1)[NH+]1CCc2ccccc2C1. The van der Waals surface area contributed by atoms with Crippen LogP contribution in [0.25, 0.3) is 0 Å². The van der Waals surface area contributed by atoms with Crippen LogP contribution < -0.4 is 4.90 Å². The average Bonchev–Trinajstić information content (AvgIpc) is 3.16. The quantitative estimate of drug-likeness (QED) is 0.718. The number of aromatic nitrogens is 4. The number of ether oxygens (including phenoxy) is 1. The van der Waals surface area contributed by atoms with Gasteiger partial charge in [-0.3, -0.25) is 0 Å². The minimum absolute atomic E-state index is 0.103. The first kappa shape index (κ1) is 17.8. The molecule has 0 aliphatic carbocycles. The van der Waals surface area contributed by atoms with E-state index in [0.717, 1.165) is 25.3 Å². The molecule has 0 fully saturated rings. The molecule has 0 saturated heterocycles. The smallest absolute Gasteiger partial charge is 0.214 e. The molecule has 1 aliphatic rings. The molecular weight excluding hydrogens is 338 g/mol. The molecule has 0 amide bonds. The Morgan fingerprint density at radius 1 is 1.11 bits per heavy atom. The van der Waals surface area contributed by atoms with Gasteiger partial charge in [0.1, 0.15) is 6.54 Å². The van der Waals surface area contributed by atoms with E-state index >= 15 is 0 Å². The van der Waals surface area contributed by atoms with E-state index < -0.39 is 0 Å². The van der Waals surface area contributed by atoms with Crippen LogP contribution >= 0.6 is 0 Å². The number of hydrogen-bond donors (Lipinski definition) is 1. The second kappa shape index (κ2) is 7.98. The molecule has 3 aromatic rings. The summed E-state index contributed by atoms with van der Waals surface area (Å²) in [7, 11) is 1.70. The van der Waals surface area contributed by atoms with E-state index in [1.165, 1.54) is 27.2 Å². The molecule has 1 aliphatic heterocycles. The number of hydrogen-bond acceptors (Lipinski definition) is 4. The Kier molecular flexibility index (Phi) is 5.27. The van der Waals surface area contributed by atoms with Gasteiger partial charge < -0.3 is 9.64 Å². The first-order valence-electron chi connectivity index (χ1n) is 9.49. The number of tetrazole rings is 1. The Morgan fingerprint density at radius 3 is 2.67 bits per heavy atom. The third-order valence-corrected chi connectivity index (χ3v) is 5.40. The predicted molar refractivity (Wildman–Crippen MR) is 102 cm³/mol. The van der Waals surface area contributed by atoms with Crippen LogP contribution in [0.2, 0.25) is 0 Å². The number of nitrogens with one attached hydrogen (secondary N) is 1. The van der Waals surface area contributed by atoms with Gasteiger partial charge in [-0.05, 0) is 22.9 Å². The summed E-state index contributed by atoms with van der Waals surface area (Å²) in [6.45, 7) is 5.41. The number of quaternary nitrogens is 1. The number of fused-ring (bicyclic) bond motifs is 1. The standard InChI is InChI=1S/C21H25N5O/c1-16-7-9-18(10-8-16)20(21-22-23-24-26(21)13-14-27-2)25-12-11-17-5-3-4-6-19(17)15-25/h3-10,20H,11-15H2,1-2H3/p+1/t20-/m0/s1. The fraction of sp³-hybridized carbons (Fsp3) is 0.381. The maximum Gasteiger partial charge on any atom is 0.214 e. The van der Waals surface area contributed by atoms with Crippen LogP contribution in [-0.2, 0) is 24.2 Å². The minimum atomic E-state index is 0.103. The minimum Gasteiger partial charge on any atom is -0.383 e. The molecule has 6 heteroatoms. The third-order valence-electron chi connectivity index (χ3n) is 5.40. The molecule has 1 unspecified atom stereocenters. The van der Waals surface area contributed by atoms with E-state index in [1.807, 2.05) is 4.68 Å². The van der Waals surface area contributed by atoms with Gasteiger partial charge in [-0.1, -0.05) is 54.1 Å². The van der Waals surface area contributed by atoms with Gasteiger partial charge in [0, 0.05) is 24.7 Å². The van der Waals surface area contributed by atoms with E-state index in [-0.39, 0.29) is 6.04 Å². The molecule has 0 radical (unpaired) electrons. The van der Waals surface area contributed by atoms with Crippen molar-refractivity contribution in [2.45, 2.75) is 32.5 Å². The lowest BCUT2D eigenvalue weighted by Gasteiger charge is -2.32. The Bertz CT molecular complexity index is 890. The molecule has 0 spiro atoms. The lowest BCUT2D eigenvalue weighted by molar-refractivity contribution is -0.941. The lowest BCUT2D eigenvalue weighted by atomic mass is 9.95. The van der Waals surface area contributed by atoms with Crippen LogP contribution in [-0.4, -0.2) is 40.5 Å². The lowest BCUT2D eigenvalue weighted by Crippen LogP contribution is -3.12. The zero-order chi connectivity index (χ0) is 18.6. The van der Waals surface area contributed by atoms with Crippen LogP contribution in [0.3, 0.4) is 0 Å². The molecule has 4 rings (SSSR count). The van der Waals surface area contributed by atoms with E-state index in [4.69, 9.17) is 4.74 Å². The molecule has 6 nitrogen and oxygen atoms in total. The van der Waals surface area contributed by atoms with Gasteiger partial charge in [0.25, 0.3) is 0 Å². The normalized spacial score (nSPS) is 17.5. The highest BCUT2D eigenvalue weighted by Crippen LogP contribution is 2.20. The predicted octanol–water partition coefficient (Wildman–Crippen LogP) is 1.36. The van der Waals surface area contributed by atoms with Crippen molar-refractivity contribution in [3.8, 4) is 0 Å². The summed E-state index contributed by atoms with van der Waals surface area (Å²) >= 11 is 0. The fourth-order valence-electron chi connectivity index (χ4n) is 3.93. The maximum absolute atomic E-state index is 5.24. The molecule has 27 heavy (non-hydrogen) atoms. The Hall–Kier alpha value is -2.57. The summed E-state index contributed by atoms with van der Waals surface area (Å²) in [5.41, 5.74) is 5.40. The highest BCUT2D eigenvalue weighted by molar-refractivity contribution is 5.29. The number of rotatable bonds is 6. The first-order valence-corrected chi connectivity index (χ1v) is 9.49. The van der Waals surface area contributed by atoms with E-state index in [1.54, 1.807) is 7.11 Å². The Morgan fingerprint density at radius 2 is 1.89 bits per heavy atom. The van der Waals surface area contributed by atoms with Crippen molar-refractivity contribution in [1.82, 2.24) is 20.2 Å². The summed E-state index contributed by atoms with van der Waals surface area (Å²) in [4.78, 5) is 1.48. The molecule has 1 N–H and O–H groups in total. The van der Waals surface area contributed by atoms with E-state index in [0.29, 0.717) is 13.2 Å². The maximum atomic E-state index is 5.24. The molecule has 0 bridgehead atoms. The van der Waals surface area contributed by atoms with Crippen molar-refractivity contribution in [2.75, 3.05) is 20.3 Å². The highest BCUT2D eigenvalue weighted by atomic mass is 16.5. The van der Waals surface area contributed by atoms with Gasteiger partial charge in [0.2, 0.25) is 5.82 Å². The summed E-state index contributed by atoms with van der Waals surface area (Å²) < 4.78 is 7.13. The van der Waals surface area contributed by atoms with Crippen LogP contribution in [0.4, 0.5) is 0 Å². The summed E-state index contributed by atoms with van der Waals surface area (Å²) in [6.07, 6.45) is 1.08. The number of methoxy groups -OCH3 is 1. The molecule has 2 atom stereocenters. The number of benzene rings is 2. The van der Waals surface area contributed by atoms with Crippen molar-refractivity contribution in [3.63, 3.8) is 0 Å². The fourth-order valence-corrected chi connectivity index (χ4v) is 3.93. The molecular formula is C21H26N5O+. The molecule has 140 valence electrons. The van der Waals surface area contributed by atoms with Crippen molar-refractivity contribution >= 4 is 0 Å². The van der Waals surface area contributed by atoms with E-state index in [9.17, 15) is 0 Å². The first-order chi connectivity index (χ1) is 13.3. The highest BCUT2D eigenvalue weighted by Gasteiger charge is 2.33. The largest absolute Gasteiger partial charge is 0.383 e. The Labute approximate surface area is 159 Å². The topological polar surface area (TPSA) is 57.3 Å². The van der Waals surface area contributed by atoms with Gasteiger partial charge in [0.15, 0.2) is 6.04 Å². The van der Waals surface area contributed by atoms with Gasteiger partial charge in [-0.15, -0.1) is 5.10 Å². The molecule has 1 aromatic heterocycles.